The van der Waals surface area contributed by atoms with Crippen LogP contribution in [0.1, 0.15) is 12.8 Å². The number of nitrogens with zero attached hydrogens (tertiary/aromatic N) is 2. The lowest BCUT2D eigenvalue weighted by Crippen LogP contribution is -2.59. The van der Waals surface area contributed by atoms with Crippen LogP contribution in [0.3, 0.4) is 0 Å². The molecule has 3 amide bonds. The Morgan fingerprint density at radius 1 is 1.42 bits per heavy atom. The highest BCUT2D eigenvalue weighted by Gasteiger charge is 2.33. The van der Waals surface area contributed by atoms with Gasteiger partial charge in [0.25, 0.3) is 0 Å². The lowest BCUT2D eigenvalue weighted by molar-refractivity contribution is -0.143. The average Bonchev–Trinajstić information content (AvgIpc) is 2.85. The molecular formula is C12H20N4O3. The first-order chi connectivity index (χ1) is 9.13. The van der Waals surface area contributed by atoms with Crippen LogP contribution in [0.25, 0.3) is 0 Å². The van der Waals surface area contributed by atoms with Crippen molar-refractivity contribution in [1.82, 2.24) is 20.4 Å². The summed E-state index contributed by atoms with van der Waals surface area (Å²) in [5, 5.41) is 5.74. The van der Waals surface area contributed by atoms with Crippen LogP contribution in [0.15, 0.2) is 0 Å². The van der Waals surface area contributed by atoms with E-state index in [1.54, 1.807) is 7.05 Å². The highest BCUT2D eigenvalue weighted by molar-refractivity contribution is 5.97. The molecule has 1 unspecified atom stereocenters. The molecular weight excluding hydrogens is 248 g/mol. The third kappa shape index (κ3) is 3.10. The van der Waals surface area contributed by atoms with Crippen molar-refractivity contribution in [1.29, 1.82) is 0 Å². The molecule has 0 aliphatic carbocycles. The quantitative estimate of drug-likeness (QED) is 0.628. The lowest BCUT2D eigenvalue weighted by Gasteiger charge is -2.34. The van der Waals surface area contributed by atoms with E-state index >= 15 is 0 Å². The van der Waals surface area contributed by atoms with Crippen LogP contribution in [0, 0.1) is 0 Å². The Labute approximate surface area is 112 Å². The van der Waals surface area contributed by atoms with Crippen LogP contribution < -0.4 is 10.6 Å². The third-order valence-corrected chi connectivity index (χ3v) is 3.62. The second kappa shape index (κ2) is 6.12. The molecule has 7 nitrogen and oxygen atoms in total. The number of imide groups is 1. The van der Waals surface area contributed by atoms with Crippen molar-refractivity contribution in [2.45, 2.75) is 18.9 Å². The predicted molar refractivity (Wildman–Crippen MR) is 68.3 cm³/mol. The number of carbonyl (C=O) groups excluding carboxylic acids is 3. The van der Waals surface area contributed by atoms with Gasteiger partial charge in [0.15, 0.2) is 0 Å². The van der Waals surface area contributed by atoms with Gasteiger partial charge in [-0.3, -0.25) is 24.2 Å². The maximum absolute atomic E-state index is 12.1. The molecule has 0 spiro atoms. The zero-order valence-electron chi connectivity index (χ0n) is 11.1. The molecule has 0 bridgehead atoms. The van der Waals surface area contributed by atoms with E-state index < -0.39 is 0 Å². The van der Waals surface area contributed by atoms with E-state index in [0.717, 1.165) is 13.0 Å². The number of nitrogens with one attached hydrogen (secondary N) is 2. The number of hydrogen-bond donors (Lipinski definition) is 2. The summed E-state index contributed by atoms with van der Waals surface area (Å²) < 4.78 is 0. The number of likely N-dealkylation sites (tertiary alicyclic amines) is 1. The fourth-order valence-corrected chi connectivity index (χ4v) is 2.53. The monoisotopic (exact) mass is 268 g/mol. The van der Waals surface area contributed by atoms with Crippen LogP contribution >= 0.6 is 0 Å². The summed E-state index contributed by atoms with van der Waals surface area (Å²) in [5.41, 5.74) is 0. The number of likely N-dealkylation sites (N-methyl/N-ethyl adjacent to an activating group) is 1. The summed E-state index contributed by atoms with van der Waals surface area (Å²) in [4.78, 5) is 38.5. The Bertz CT molecular complexity index is 385. The van der Waals surface area contributed by atoms with Crippen molar-refractivity contribution in [3.8, 4) is 0 Å². The van der Waals surface area contributed by atoms with Gasteiger partial charge < -0.3 is 10.6 Å². The first-order valence-corrected chi connectivity index (χ1v) is 6.63. The van der Waals surface area contributed by atoms with Crippen LogP contribution in [-0.4, -0.2) is 73.3 Å². The lowest BCUT2D eigenvalue weighted by atomic mass is 10.1. The second-order valence-corrected chi connectivity index (χ2v) is 4.85. The molecule has 2 heterocycles. The van der Waals surface area contributed by atoms with Gasteiger partial charge in [-0.05, 0) is 6.42 Å². The Balaban J connectivity index is 1.97. The van der Waals surface area contributed by atoms with E-state index in [2.05, 4.69) is 10.6 Å². The molecule has 0 aromatic heterocycles. The minimum atomic E-state index is -0.347. The smallest absolute Gasteiger partial charge is 0.243 e. The fraction of sp³-hybridized carbons (Fsp3) is 0.750. The molecule has 19 heavy (non-hydrogen) atoms. The number of piperazine rings is 1. The van der Waals surface area contributed by atoms with Crippen LogP contribution in [0.5, 0.6) is 0 Å². The van der Waals surface area contributed by atoms with Crippen molar-refractivity contribution < 1.29 is 14.4 Å². The standard InChI is InChI=1S/C12H20N4O3/c1-13-12(19)9-7-14-4-6-15(9)8-11(18)16-5-2-3-10(16)17/h9,14H,2-8H2,1H3,(H,13,19). The number of carbonyl (C=O) groups is 3. The molecule has 0 aromatic rings. The molecule has 2 rings (SSSR count). The molecule has 0 aromatic carbocycles. The molecule has 1 atom stereocenters. The molecule has 0 radical (unpaired) electrons. The number of amides is 3. The van der Waals surface area contributed by atoms with Gasteiger partial charge in [-0.15, -0.1) is 0 Å². The molecule has 2 aliphatic rings. The van der Waals surface area contributed by atoms with Gasteiger partial charge in [-0.1, -0.05) is 0 Å². The molecule has 106 valence electrons. The minimum Gasteiger partial charge on any atom is -0.358 e. The van der Waals surface area contributed by atoms with E-state index in [-0.39, 0.29) is 30.3 Å². The first kappa shape index (κ1) is 14.0. The highest BCUT2D eigenvalue weighted by Crippen LogP contribution is 2.11. The van der Waals surface area contributed by atoms with Gasteiger partial charge in [0.05, 0.1) is 6.54 Å². The molecule has 0 saturated carbocycles. The van der Waals surface area contributed by atoms with E-state index in [9.17, 15) is 14.4 Å². The predicted octanol–water partition coefficient (Wildman–Crippen LogP) is -1.84. The van der Waals surface area contributed by atoms with Gasteiger partial charge in [0, 0.05) is 39.6 Å². The fourth-order valence-electron chi connectivity index (χ4n) is 2.53. The van der Waals surface area contributed by atoms with Gasteiger partial charge in [0.2, 0.25) is 17.7 Å². The zero-order valence-corrected chi connectivity index (χ0v) is 11.1. The van der Waals surface area contributed by atoms with Gasteiger partial charge >= 0.3 is 0 Å². The Kier molecular flexibility index (Phi) is 4.49. The van der Waals surface area contributed by atoms with Crippen molar-refractivity contribution in [3.05, 3.63) is 0 Å². The SMILES string of the molecule is CNC(=O)C1CNCCN1CC(=O)N1CCCC1=O. The zero-order chi connectivity index (χ0) is 13.8. The third-order valence-electron chi connectivity index (χ3n) is 3.62. The molecule has 2 fully saturated rings. The second-order valence-electron chi connectivity index (χ2n) is 4.85. The van der Waals surface area contributed by atoms with Gasteiger partial charge in [-0.2, -0.15) is 0 Å². The van der Waals surface area contributed by atoms with E-state index in [1.807, 2.05) is 4.90 Å². The van der Waals surface area contributed by atoms with E-state index in [4.69, 9.17) is 0 Å². The Hall–Kier alpha value is -1.47. The number of hydrogen-bond acceptors (Lipinski definition) is 5. The normalized spacial score (nSPS) is 24.6. The van der Waals surface area contributed by atoms with Crippen LogP contribution in [-0.2, 0) is 14.4 Å². The number of rotatable bonds is 3. The summed E-state index contributed by atoms with van der Waals surface area (Å²) >= 11 is 0. The average molecular weight is 268 g/mol. The van der Waals surface area contributed by atoms with Crippen molar-refractivity contribution >= 4 is 17.7 Å². The topological polar surface area (TPSA) is 81.8 Å². The Morgan fingerprint density at radius 3 is 2.84 bits per heavy atom. The minimum absolute atomic E-state index is 0.100. The first-order valence-electron chi connectivity index (χ1n) is 6.63. The molecule has 2 aliphatic heterocycles. The summed E-state index contributed by atoms with van der Waals surface area (Å²) in [7, 11) is 1.58. The molecule has 2 N–H and O–H groups in total. The van der Waals surface area contributed by atoms with Crippen molar-refractivity contribution in [2.75, 3.05) is 39.8 Å². The summed E-state index contributed by atoms with van der Waals surface area (Å²) in [5.74, 6) is -0.400. The molecule has 7 heteroatoms. The summed E-state index contributed by atoms with van der Waals surface area (Å²) in [6.07, 6.45) is 1.19. The van der Waals surface area contributed by atoms with E-state index in [0.29, 0.717) is 26.1 Å². The summed E-state index contributed by atoms with van der Waals surface area (Å²) in [6.45, 7) is 2.54. The summed E-state index contributed by atoms with van der Waals surface area (Å²) in [6, 6.07) is -0.347. The maximum atomic E-state index is 12.1. The van der Waals surface area contributed by atoms with Gasteiger partial charge in [0.1, 0.15) is 6.04 Å². The molecule has 2 saturated heterocycles. The Morgan fingerprint density at radius 2 is 2.21 bits per heavy atom. The van der Waals surface area contributed by atoms with Gasteiger partial charge in [-0.25, -0.2) is 0 Å². The van der Waals surface area contributed by atoms with Crippen LogP contribution in [0.2, 0.25) is 0 Å². The van der Waals surface area contributed by atoms with E-state index in [1.165, 1.54) is 4.90 Å². The largest absolute Gasteiger partial charge is 0.358 e. The maximum Gasteiger partial charge on any atom is 0.243 e. The van der Waals surface area contributed by atoms with Crippen LogP contribution in [0.4, 0.5) is 0 Å². The van der Waals surface area contributed by atoms with Crippen molar-refractivity contribution in [3.63, 3.8) is 0 Å². The highest BCUT2D eigenvalue weighted by atomic mass is 16.2. The van der Waals surface area contributed by atoms with Crippen molar-refractivity contribution in [2.24, 2.45) is 0 Å².